The number of aromatic nitrogens is 2. The molecule has 10 rings (SSSR count). The molecule has 2 heteroatoms. The molecule has 0 amide bonds. The molecule has 52 heavy (non-hydrogen) atoms. The lowest BCUT2D eigenvalue weighted by molar-refractivity contribution is 1.32. The number of fused-ring (bicyclic) bond motifs is 6. The van der Waals surface area contributed by atoms with Gasteiger partial charge < -0.3 is 0 Å². The van der Waals surface area contributed by atoms with Gasteiger partial charge in [-0.15, -0.1) is 0 Å². The number of rotatable bonds is 5. The summed E-state index contributed by atoms with van der Waals surface area (Å²) in [5.74, 6) is 0. The zero-order valence-corrected chi connectivity index (χ0v) is 28.4. The molecule has 0 aliphatic carbocycles. The summed E-state index contributed by atoms with van der Waals surface area (Å²) in [4.78, 5) is 10.1. The van der Waals surface area contributed by atoms with Crippen molar-refractivity contribution in [3.8, 4) is 55.9 Å². The van der Waals surface area contributed by atoms with Crippen LogP contribution < -0.4 is 0 Å². The van der Waals surface area contributed by atoms with Crippen LogP contribution in [0.25, 0.3) is 99.1 Å². The van der Waals surface area contributed by atoms with E-state index in [-0.39, 0.29) is 0 Å². The smallest absolute Gasteiger partial charge is 0.0780 e. The van der Waals surface area contributed by atoms with Crippen LogP contribution in [0.4, 0.5) is 0 Å². The van der Waals surface area contributed by atoms with E-state index in [0.717, 1.165) is 61.2 Å². The van der Waals surface area contributed by atoms with Crippen molar-refractivity contribution in [2.75, 3.05) is 0 Å². The van der Waals surface area contributed by atoms with Gasteiger partial charge in [0.15, 0.2) is 0 Å². The van der Waals surface area contributed by atoms with Crippen molar-refractivity contribution in [3.05, 3.63) is 194 Å². The highest BCUT2D eigenvalue weighted by atomic mass is 14.7. The Balaban J connectivity index is 1.17. The molecular formula is C50H32N2. The van der Waals surface area contributed by atoms with Crippen LogP contribution in [0, 0.1) is 0 Å². The van der Waals surface area contributed by atoms with E-state index < -0.39 is 0 Å². The maximum Gasteiger partial charge on any atom is 0.0780 e. The maximum atomic E-state index is 5.38. The first-order chi connectivity index (χ1) is 25.8. The van der Waals surface area contributed by atoms with Crippen molar-refractivity contribution in [2.45, 2.75) is 0 Å². The SMILES string of the molecule is c1ccc(-c2ccccc2-c2cc(-c3ccc4ccc5ccc6ccccc6c5c4c3)cc(-c3ccc(-c4cccc5cccnc45)cc3)n2)cc1. The molecule has 2 nitrogen and oxygen atoms in total. The van der Waals surface area contributed by atoms with Gasteiger partial charge in [0.05, 0.1) is 16.9 Å². The molecule has 2 aromatic heterocycles. The van der Waals surface area contributed by atoms with Crippen LogP contribution in [0.3, 0.4) is 0 Å². The number of hydrogen-bond donors (Lipinski definition) is 0. The zero-order chi connectivity index (χ0) is 34.4. The molecule has 0 aliphatic heterocycles. The second-order valence-electron chi connectivity index (χ2n) is 13.4. The van der Waals surface area contributed by atoms with Gasteiger partial charge in [-0.3, -0.25) is 4.98 Å². The molecule has 8 aromatic carbocycles. The lowest BCUT2D eigenvalue weighted by Crippen LogP contribution is -1.94. The van der Waals surface area contributed by atoms with Crippen molar-refractivity contribution < 1.29 is 0 Å². The Kier molecular flexibility index (Phi) is 7.18. The van der Waals surface area contributed by atoms with E-state index in [1.165, 1.54) is 37.9 Å². The topological polar surface area (TPSA) is 25.8 Å². The van der Waals surface area contributed by atoms with Gasteiger partial charge in [0, 0.05) is 28.3 Å². The molecule has 0 aliphatic rings. The number of hydrogen-bond acceptors (Lipinski definition) is 2. The summed E-state index contributed by atoms with van der Waals surface area (Å²) in [6.07, 6.45) is 1.86. The van der Waals surface area contributed by atoms with E-state index in [1.807, 2.05) is 12.3 Å². The zero-order valence-electron chi connectivity index (χ0n) is 28.4. The first kappa shape index (κ1) is 30.0. The third-order valence-electron chi connectivity index (χ3n) is 10.3. The van der Waals surface area contributed by atoms with Gasteiger partial charge in [-0.25, -0.2) is 4.98 Å². The summed E-state index contributed by atoms with van der Waals surface area (Å²) in [5, 5.41) is 8.69. The van der Waals surface area contributed by atoms with Crippen LogP contribution in [-0.2, 0) is 0 Å². The van der Waals surface area contributed by atoms with Crippen molar-refractivity contribution in [1.82, 2.24) is 9.97 Å². The molecule has 0 unspecified atom stereocenters. The minimum Gasteiger partial charge on any atom is -0.256 e. The molecule has 0 N–H and O–H groups in total. The normalized spacial score (nSPS) is 11.5. The van der Waals surface area contributed by atoms with E-state index in [2.05, 4.69) is 182 Å². The van der Waals surface area contributed by atoms with Gasteiger partial charge in [0.2, 0.25) is 0 Å². The molecule has 0 saturated heterocycles. The highest BCUT2D eigenvalue weighted by Gasteiger charge is 2.15. The predicted molar refractivity (Wildman–Crippen MR) is 219 cm³/mol. The molecule has 0 atom stereocenters. The van der Waals surface area contributed by atoms with Crippen molar-refractivity contribution in [1.29, 1.82) is 0 Å². The van der Waals surface area contributed by atoms with E-state index >= 15 is 0 Å². The van der Waals surface area contributed by atoms with Crippen LogP contribution in [0.5, 0.6) is 0 Å². The Morgan fingerprint density at radius 3 is 1.77 bits per heavy atom. The van der Waals surface area contributed by atoms with Crippen LogP contribution in [0.2, 0.25) is 0 Å². The molecule has 10 aromatic rings. The second kappa shape index (κ2) is 12.5. The highest BCUT2D eigenvalue weighted by molar-refractivity contribution is 6.20. The molecule has 2 heterocycles. The fourth-order valence-corrected chi connectivity index (χ4v) is 7.72. The van der Waals surface area contributed by atoms with E-state index in [4.69, 9.17) is 9.97 Å². The molecule has 242 valence electrons. The lowest BCUT2D eigenvalue weighted by Gasteiger charge is -2.15. The predicted octanol–water partition coefficient (Wildman–Crippen LogP) is 13.4. The minimum atomic E-state index is 0.932. The van der Waals surface area contributed by atoms with Crippen molar-refractivity contribution >= 4 is 43.2 Å². The number of para-hydroxylation sites is 1. The average Bonchev–Trinajstić information content (AvgIpc) is 3.23. The largest absolute Gasteiger partial charge is 0.256 e. The Hall–Kier alpha value is -6.90. The van der Waals surface area contributed by atoms with Crippen molar-refractivity contribution in [3.63, 3.8) is 0 Å². The third kappa shape index (κ3) is 5.21. The number of benzene rings is 8. The molecule has 0 saturated carbocycles. The fraction of sp³-hybridized carbons (Fsp3) is 0. The second-order valence-corrected chi connectivity index (χ2v) is 13.4. The average molecular weight is 661 g/mol. The van der Waals surface area contributed by atoms with Gasteiger partial charge in [-0.05, 0) is 84.4 Å². The minimum absolute atomic E-state index is 0.932. The Labute approximate surface area is 302 Å². The first-order valence-corrected chi connectivity index (χ1v) is 17.7. The van der Waals surface area contributed by atoms with Crippen LogP contribution >= 0.6 is 0 Å². The van der Waals surface area contributed by atoms with Gasteiger partial charge in [-0.2, -0.15) is 0 Å². The lowest BCUT2D eigenvalue weighted by atomic mass is 9.92. The Morgan fingerprint density at radius 2 is 0.904 bits per heavy atom. The summed E-state index contributed by atoms with van der Waals surface area (Å²) in [6, 6.07) is 67.4. The van der Waals surface area contributed by atoms with Crippen LogP contribution in [0.1, 0.15) is 0 Å². The monoisotopic (exact) mass is 660 g/mol. The fourth-order valence-electron chi connectivity index (χ4n) is 7.72. The Morgan fingerprint density at radius 1 is 0.308 bits per heavy atom. The summed E-state index contributed by atoms with van der Waals surface area (Å²) in [5.41, 5.74) is 11.9. The van der Waals surface area contributed by atoms with E-state index in [9.17, 15) is 0 Å². The van der Waals surface area contributed by atoms with Gasteiger partial charge >= 0.3 is 0 Å². The summed E-state index contributed by atoms with van der Waals surface area (Å²) >= 11 is 0. The molecule has 0 radical (unpaired) electrons. The summed E-state index contributed by atoms with van der Waals surface area (Å²) in [6.45, 7) is 0. The van der Waals surface area contributed by atoms with Gasteiger partial charge in [0.25, 0.3) is 0 Å². The molecular weight excluding hydrogens is 629 g/mol. The van der Waals surface area contributed by atoms with Gasteiger partial charge in [0.1, 0.15) is 0 Å². The maximum absolute atomic E-state index is 5.38. The molecule has 0 bridgehead atoms. The standard InChI is InChI=1S/C50H32N2/c1-2-10-33(11-3-1)42-15-6-7-17-45(42)48-32-41(40-28-23-36-22-27-38-26-21-34-12-4-5-16-43(34)49(38)46(36)30-40)31-47(52-48)37-24-19-35(20-25-37)44-18-8-13-39-14-9-29-51-50(39)44/h1-32H. The quantitative estimate of drug-likeness (QED) is 0.172. The van der Waals surface area contributed by atoms with Crippen molar-refractivity contribution in [2.24, 2.45) is 0 Å². The molecule has 0 fully saturated rings. The van der Waals surface area contributed by atoms with Gasteiger partial charge in [-0.1, -0.05) is 164 Å². The Bertz CT molecular complexity index is 2930. The number of pyridine rings is 2. The summed E-state index contributed by atoms with van der Waals surface area (Å²) in [7, 11) is 0. The number of nitrogens with zero attached hydrogens (tertiary/aromatic N) is 2. The molecule has 0 spiro atoms. The first-order valence-electron chi connectivity index (χ1n) is 17.7. The van der Waals surface area contributed by atoms with Crippen LogP contribution in [0.15, 0.2) is 194 Å². The summed E-state index contributed by atoms with van der Waals surface area (Å²) < 4.78 is 0. The van der Waals surface area contributed by atoms with Crippen LogP contribution in [-0.4, -0.2) is 9.97 Å². The third-order valence-corrected chi connectivity index (χ3v) is 10.3. The van der Waals surface area contributed by atoms with E-state index in [1.54, 1.807) is 0 Å². The van der Waals surface area contributed by atoms with E-state index in [0.29, 0.717) is 0 Å². The highest BCUT2D eigenvalue weighted by Crippen LogP contribution is 2.39.